The molecule has 0 saturated heterocycles. The fourth-order valence-corrected chi connectivity index (χ4v) is 1.50. The number of hydrogen-bond acceptors (Lipinski definition) is 4. The quantitative estimate of drug-likeness (QED) is 0.852. The van der Waals surface area contributed by atoms with E-state index in [4.69, 9.17) is 26.6 Å². The minimum atomic E-state index is 0.330. The maximum atomic E-state index is 6.04. The van der Waals surface area contributed by atoms with Crippen molar-refractivity contribution in [3.63, 3.8) is 0 Å². The van der Waals surface area contributed by atoms with Gasteiger partial charge < -0.3 is 15.0 Å². The number of aromatic nitrogens is 1. The van der Waals surface area contributed by atoms with E-state index in [1.54, 1.807) is 31.4 Å². The predicted molar refractivity (Wildman–Crippen MR) is 57.9 cm³/mol. The van der Waals surface area contributed by atoms with Gasteiger partial charge in [-0.05, 0) is 18.2 Å². The zero-order valence-corrected chi connectivity index (χ0v) is 8.78. The Labute approximate surface area is 91.6 Å². The van der Waals surface area contributed by atoms with Gasteiger partial charge in [0.1, 0.15) is 5.75 Å². The molecule has 0 bridgehead atoms. The summed E-state index contributed by atoms with van der Waals surface area (Å²) in [5.74, 6) is 1.56. The lowest BCUT2D eigenvalue weighted by Crippen LogP contribution is -1.83. The van der Waals surface area contributed by atoms with Crippen LogP contribution in [0.3, 0.4) is 0 Å². The Morgan fingerprint density at radius 3 is 2.73 bits per heavy atom. The Morgan fingerprint density at radius 2 is 2.20 bits per heavy atom. The topological polar surface area (TPSA) is 61.3 Å². The summed E-state index contributed by atoms with van der Waals surface area (Å²) in [6.45, 7) is 0. The van der Waals surface area contributed by atoms with Crippen molar-refractivity contribution in [2.24, 2.45) is 0 Å². The second kappa shape index (κ2) is 3.82. The molecule has 0 spiro atoms. The van der Waals surface area contributed by atoms with E-state index in [1.807, 2.05) is 0 Å². The lowest BCUT2D eigenvalue weighted by Gasteiger charge is -2.02. The summed E-state index contributed by atoms with van der Waals surface area (Å²) in [5, 5.41) is 4.12. The molecule has 1 aromatic carbocycles. The molecule has 0 radical (unpaired) electrons. The number of anilines is 1. The van der Waals surface area contributed by atoms with Gasteiger partial charge in [-0.3, -0.25) is 0 Å². The highest BCUT2D eigenvalue weighted by atomic mass is 35.5. The van der Waals surface area contributed by atoms with Gasteiger partial charge >= 0.3 is 0 Å². The Morgan fingerprint density at radius 1 is 1.40 bits per heavy atom. The van der Waals surface area contributed by atoms with E-state index in [0.717, 1.165) is 5.56 Å². The van der Waals surface area contributed by atoms with Gasteiger partial charge in [-0.25, -0.2) is 0 Å². The SMILES string of the molecule is COc1ccc(-c2cc(N)no2)c(Cl)c1. The van der Waals surface area contributed by atoms with Gasteiger partial charge in [-0.2, -0.15) is 0 Å². The van der Waals surface area contributed by atoms with Crippen LogP contribution in [0, 0.1) is 0 Å². The molecule has 0 aliphatic rings. The van der Waals surface area contributed by atoms with Crippen LogP contribution in [0.25, 0.3) is 11.3 Å². The van der Waals surface area contributed by atoms with Crippen LogP contribution in [-0.4, -0.2) is 12.3 Å². The molecular formula is C10H9ClN2O2. The monoisotopic (exact) mass is 224 g/mol. The number of methoxy groups -OCH3 is 1. The van der Waals surface area contributed by atoms with Gasteiger partial charge in [0.2, 0.25) is 0 Å². The van der Waals surface area contributed by atoms with Crippen LogP contribution in [0.1, 0.15) is 0 Å². The van der Waals surface area contributed by atoms with E-state index in [1.165, 1.54) is 0 Å². The van der Waals surface area contributed by atoms with Crippen molar-refractivity contribution in [1.29, 1.82) is 0 Å². The number of halogens is 1. The van der Waals surface area contributed by atoms with E-state index in [2.05, 4.69) is 5.16 Å². The molecule has 5 heteroatoms. The number of nitrogens with zero attached hydrogens (tertiary/aromatic N) is 1. The van der Waals surface area contributed by atoms with Crippen molar-refractivity contribution < 1.29 is 9.26 Å². The van der Waals surface area contributed by atoms with E-state index >= 15 is 0 Å². The number of benzene rings is 1. The van der Waals surface area contributed by atoms with Gasteiger partial charge in [-0.1, -0.05) is 16.8 Å². The van der Waals surface area contributed by atoms with Crippen LogP contribution in [0.15, 0.2) is 28.8 Å². The molecule has 0 fully saturated rings. The largest absolute Gasteiger partial charge is 0.497 e. The standard InChI is InChI=1S/C10H9ClN2O2/c1-14-6-2-3-7(8(11)4-6)9-5-10(12)13-15-9/h2-5H,1H3,(H2,12,13). The minimum Gasteiger partial charge on any atom is -0.497 e. The molecule has 1 heterocycles. The van der Waals surface area contributed by atoms with Crippen LogP contribution < -0.4 is 10.5 Å². The number of ether oxygens (including phenoxy) is 1. The first kappa shape index (κ1) is 9.86. The third-order valence-electron chi connectivity index (χ3n) is 1.97. The summed E-state index contributed by atoms with van der Waals surface area (Å²) in [6.07, 6.45) is 0. The van der Waals surface area contributed by atoms with Crippen molar-refractivity contribution in [3.8, 4) is 17.1 Å². The van der Waals surface area contributed by atoms with Crippen molar-refractivity contribution >= 4 is 17.4 Å². The molecule has 0 aliphatic carbocycles. The Kier molecular flexibility index (Phi) is 2.51. The van der Waals surface area contributed by atoms with Crippen molar-refractivity contribution in [1.82, 2.24) is 5.16 Å². The summed E-state index contributed by atoms with van der Waals surface area (Å²) in [4.78, 5) is 0. The molecule has 0 unspecified atom stereocenters. The molecule has 2 aromatic rings. The third-order valence-corrected chi connectivity index (χ3v) is 2.28. The second-order valence-corrected chi connectivity index (χ2v) is 3.37. The summed E-state index contributed by atoms with van der Waals surface area (Å²) >= 11 is 6.04. The normalized spacial score (nSPS) is 10.3. The van der Waals surface area contributed by atoms with Gasteiger partial charge in [0.15, 0.2) is 11.6 Å². The van der Waals surface area contributed by atoms with Crippen LogP contribution in [0.5, 0.6) is 5.75 Å². The predicted octanol–water partition coefficient (Wildman–Crippen LogP) is 2.59. The molecule has 78 valence electrons. The summed E-state index contributed by atoms with van der Waals surface area (Å²) in [5.41, 5.74) is 6.19. The number of nitrogens with two attached hydrogens (primary N) is 1. The third kappa shape index (κ3) is 1.89. The Balaban J connectivity index is 2.45. The van der Waals surface area contributed by atoms with E-state index in [-0.39, 0.29) is 0 Å². The van der Waals surface area contributed by atoms with Crippen LogP contribution in [-0.2, 0) is 0 Å². The molecule has 0 aliphatic heterocycles. The molecule has 1 aromatic heterocycles. The summed E-state index contributed by atoms with van der Waals surface area (Å²) in [6, 6.07) is 6.91. The molecule has 0 amide bonds. The summed E-state index contributed by atoms with van der Waals surface area (Å²) < 4.78 is 10.0. The van der Waals surface area contributed by atoms with Crippen molar-refractivity contribution in [3.05, 3.63) is 29.3 Å². The number of hydrogen-bond donors (Lipinski definition) is 1. The molecule has 15 heavy (non-hydrogen) atoms. The molecule has 4 nitrogen and oxygen atoms in total. The number of nitrogen functional groups attached to an aromatic ring is 1. The van der Waals surface area contributed by atoms with Gasteiger partial charge in [0.25, 0.3) is 0 Å². The number of rotatable bonds is 2. The molecule has 2 N–H and O–H groups in total. The molecule has 0 saturated carbocycles. The van der Waals surface area contributed by atoms with E-state index < -0.39 is 0 Å². The lowest BCUT2D eigenvalue weighted by molar-refractivity contribution is 0.414. The van der Waals surface area contributed by atoms with Gasteiger partial charge in [0, 0.05) is 11.6 Å². The first-order valence-electron chi connectivity index (χ1n) is 4.27. The first-order chi connectivity index (χ1) is 7.20. The van der Waals surface area contributed by atoms with Crippen LogP contribution in [0.2, 0.25) is 5.02 Å². The van der Waals surface area contributed by atoms with E-state index in [9.17, 15) is 0 Å². The fraction of sp³-hybridized carbons (Fsp3) is 0.100. The summed E-state index contributed by atoms with van der Waals surface area (Å²) in [7, 11) is 1.58. The van der Waals surface area contributed by atoms with E-state index in [0.29, 0.717) is 22.4 Å². The Hall–Kier alpha value is -1.68. The van der Waals surface area contributed by atoms with Gasteiger partial charge in [0.05, 0.1) is 12.1 Å². The molecule has 2 rings (SSSR count). The molecular weight excluding hydrogens is 216 g/mol. The maximum absolute atomic E-state index is 6.04. The average Bonchev–Trinajstić information content (AvgIpc) is 2.64. The fourth-order valence-electron chi connectivity index (χ4n) is 1.24. The highest BCUT2D eigenvalue weighted by molar-refractivity contribution is 6.33. The maximum Gasteiger partial charge on any atom is 0.170 e. The Bertz CT molecular complexity index is 482. The minimum absolute atomic E-state index is 0.330. The smallest absolute Gasteiger partial charge is 0.170 e. The van der Waals surface area contributed by atoms with Crippen LogP contribution in [0.4, 0.5) is 5.82 Å². The average molecular weight is 225 g/mol. The van der Waals surface area contributed by atoms with Crippen LogP contribution >= 0.6 is 11.6 Å². The molecule has 0 atom stereocenters. The highest BCUT2D eigenvalue weighted by Gasteiger charge is 2.09. The van der Waals surface area contributed by atoms with Crippen molar-refractivity contribution in [2.45, 2.75) is 0 Å². The highest BCUT2D eigenvalue weighted by Crippen LogP contribution is 2.31. The zero-order chi connectivity index (χ0) is 10.8. The second-order valence-electron chi connectivity index (χ2n) is 2.96. The van der Waals surface area contributed by atoms with Crippen molar-refractivity contribution in [2.75, 3.05) is 12.8 Å². The van der Waals surface area contributed by atoms with Gasteiger partial charge in [-0.15, -0.1) is 0 Å². The zero-order valence-electron chi connectivity index (χ0n) is 8.03. The lowest BCUT2D eigenvalue weighted by atomic mass is 10.1. The first-order valence-corrected chi connectivity index (χ1v) is 4.64.